The first-order chi connectivity index (χ1) is 14.5. The van der Waals surface area contributed by atoms with Gasteiger partial charge in [-0.15, -0.1) is 0 Å². The number of hydrogen-bond donors (Lipinski definition) is 2. The smallest absolute Gasteiger partial charge is 0.169 e. The van der Waals surface area contributed by atoms with E-state index in [-0.39, 0.29) is 13.2 Å². The predicted octanol–water partition coefficient (Wildman–Crippen LogP) is 6.77. The number of anilines is 1. The predicted molar refractivity (Wildman–Crippen MR) is 134 cm³/mol. The van der Waals surface area contributed by atoms with Gasteiger partial charge in [-0.3, -0.25) is 0 Å². The van der Waals surface area contributed by atoms with E-state index in [0.717, 1.165) is 22.2 Å². The van der Waals surface area contributed by atoms with Crippen molar-refractivity contribution in [3.8, 4) is 11.1 Å². The number of nitrogens with one attached hydrogen (secondary N) is 1. The molecule has 2 aromatic carbocycles. The summed E-state index contributed by atoms with van der Waals surface area (Å²) in [5.74, 6) is 0.0893. The maximum Gasteiger partial charge on any atom is 0.169 e. The van der Waals surface area contributed by atoms with Crippen LogP contribution in [0.3, 0.4) is 0 Å². The lowest BCUT2D eigenvalue weighted by atomic mass is 9.90. The number of nitrogen functional groups attached to an aromatic ring is 1. The van der Waals surface area contributed by atoms with E-state index in [4.69, 9.17) is 16.1 Å². The summed E-state index contributed by atoms with van der Waals surface area (Å²) >= 11 is 0. The van der Waals surface area contributed by atoms with Crippen LogP contribution in [0.15, 0.2) is 40.8 Å². The Morgan fingerprint density at radius 1 is 1.16 bits per heavy atom. The Hall–Kier alpha value is -2.80. The Morgan fingerprint density at radius 2 is 1.74 bits per heavy atom. The van der Waals surface area contributed by atoms with Crippen LogP contribution in [0.2, 0.25) is 0 Å². The van der Waals surface area contributed by atoms with Gasteiger partial charge in [-0.05, 0) is 48.1 Å². The largest absolute Gasteiger partial charge is 0.398 e. The van der Waals surface area contributed by atoms with Crippen molar-refractivity contribution in [2.24, 2.45) is 4.36 Å². The van der Waals surface area contributed by atoms with Crippen LogP contribution in [0.1, 0.15) is 53.2 Å². The van der Waals surface area contributed by atoms with E-state index in [1.165, 1.54) is 12.1 Å². The second kappa shape index (κ2) is 9.56. The fraction of sp³-hybridized carbons (Fsp3) is 0.333. The lowest BCUT2D eigenvalue weighted by Gasteiger charge is -2.19. The molecule has 0 fully saturated rings. The standard InChI is InChI=1S/C22H25FN4OS.C2H6.H2/c1-12(2)21-20(14-6-8-15(23)9-7-14)17-10-16(13(3)24)19(25)11-18(17)22(26-21)27-29(4,5)28;1-2;/h6-12,24H,25H2,1-5H3;1-2H3;1H. The summed E-state index contributed by atoms with van der Waals surface area (Å²) in [6.07, 6.45) is 3.12. The van der Waals surface area contributed by atoms with E-state index in [0.29, 0.717) is 28.2 Å². The van der Waals surface area contributed by atoms with Gasteiger partial charge in [-0.1, -0.05) is 39.8 Å². The molecule has 0 unspecified atom stereocenters. The van der Waals surface area contributed by atoms with Crippen LogP contribution in [0, 0.1) is 11.2 Å². The number of rotatable bonds is 4. The van der Waals surface area contributed by atoms with Gasteiger partial charge >= 0.3 is 0 Å². The van der Waals surface area contributed by atoms with Crippen LogP contribution in [-0.4, -0.2) is 27.4 Å². The number of pyridine rings is 1. The molecule has 0 saturated carbocycles. The normalized spacial score (nSPS) is 11.3. The number of nitrogens with zero attached hydrogens (tertiary/aromatic N) is 2. The number of nitrogens with two attached hydrogens (primary N) is 1. The van der Waals surface area contributed by atoms with Gasteiger partial charge in [0.05, 0.1) is 5.69 Å². The lowest BCUT2D eigenvalue weighted by Crippen LogP contribution is -2.04. The SMILES string of the molecule is CC.CC(=N)c1cc2c(-c3ccc(F)cc3)c(C(C)C)nc(N=S(C)(C)=O)c2cc1N.[HH]. The van der Waals surface area contributed by atoms with Crippen LogP contribution < -0.4 is 5.73 Å². The van der Waals surface area contributed by atoms with Crippen LogP contribution in [0.4, 0.5) is 15.9 Å². The summed E-state index contributed by atoms with van der Waals surface area (Å²) in [5.41, 5.74) is 10.0. The molecular formula is C24H33FN4OS. The van der Waals surface area contributed by atoms with Crippen molar-refractivity contribution < 1.29 is 10.0 Å². The molecule has 0 atom stereocenters. The summed E-state index contributed by atoms with van der Waals surface area (Å²) in [5, 5.41) is 9.54. The number of halogens is 1. The molecule has 0 spiro atoms. The molecule has 0 bridgehead atoms. The molecule has 0 aliphatic carbocycles. The summed E-state index contributed by atoms with van der Waals surface area (Å²) in [6, 6.07) is 9.83. The summed E-state index contributed by atoms with van der Waals surface area (Å²) < 4.78 is 30.3. The molecule has 3 N–H and O–H groups in total. The molecular weight excluding hydrogens is 411 g/mol. The molecule has 31 heavy (non-hydrogen) atoms. The van der Waals surface area contributed by atoms with E-state index in [1.54, 1.807) is 37.6 Å². The van der Waals surface area contributed by atoms with E-state index < -0.39 is 9.73 Å². The highest BCUT2D eigenvalue weighted by Crippen LogP contribution is 2.40. The Labute approximate surface area is 186 Å². The molecule has 0 amide bonds. The van der Waals surface area contributed by atoms with Crippen molar-refractivity contribution in [2.75, 3.05) is 18.2 Å². The second-order valence-electron chi connectivity index (χ2n) is 7.74. The molecule has 0 saturated heterocycles. The van der Waals surface area contributed by atoms with Crippen molar-refractivity contribution in [3.05, 3.63) is 53.5 Å². The third-order valence-corrected chi connectivity index (χ3v) is 5.19. The Balaban J connectivity index is 0.00000166. The van der Waals surface area contributed by atoms with Gasteiger partial charge in [0.25, 0.3) is 0 Å². The van der Waals surface area contributed by atoms with Gasteiger partial charge in [-0.25, -0.2) is 13.6 Å². The number of hydrogen-bond acceptors (Lipinski definition) is 5. The molecule has 3 aromatic rings. The Morgan fingerprint density at radius 3 is 2.23 bits per heavy atom. The molecule has 1 aromatic heterocycles. The van der Waals surface area contributed by atoms with Gasteiger partial charge < -0.3 is 11.1 Å². The first kappa shape index (κ1) is 24.5. The van der Waals surface area contributed by atoms with E-state index in [1.807, 2.05) is 33.8 Å². The van der Waals surface area contributed by atoms with Crippen molar-refractivity contribution in [1.29, 1.82) is 5.41 Å². The van der Waals surface area contributed by atoms with E-state index >= 15 is 0 Å². The van der Waals surface area contributed by atoms with Crippen molar-refractivity contribution in [2.45, 2.75) is 40.5 Å². The Kier molecular flexibility index (Phi) is 7.54. The van der Waals surface area contributed by atoms with Gasteiger partial charge in [0.2, 0.25) is 0 Å². The topological polar surface area (TPSA) is 92.2 Å². The first-order valence-electron chi connectivity index (χ1n) is 10.2. The fourth-order valence-electron chi connectivity index (χ4n) is 3.32. The molecule has 7 heteroatoms. The minimum atomic E-state index is -2.45. The second-order valence-corrected chi connectivity index (χ2v) is 10.3. The van der Waals surface area contributed by atoms with Gasteiger partial charge in [0, 0.05) is 51.6 Å². The maximum absolute atomic E-state index is 13.5. The number of benzene rings is 2. The monoisotopic (exact) mass is 444 g/mol. The van der Waals surface area contributed by atoms with Crippen LogP contribution >= 0.6 is 0 Å². The first-order valence-corrected chi connectivity index (χ1v) is 12.6. The number of aromatic nitrogens is 1. The highest BCUT2D eigenvalue weighted by molar-refractivity contribution is 7.92. The molecule has 0 radical (unpaired) electrons. The third kappa shape index (κ3) is 5.47. The molecule has 168 valence electrons. The zero-order chi connectivity index (χ0) is 23.5. The zero-order valence-corrected chi connectivity index (χ0v) is 20.0. The van der Waals surface area contributed by atoms with Gasteiger partial charge in [0.15, 0.2) is 5.82 Å². The highest BCUT2D eigenvalue weighted by Gasteiger charge is 2.20. The van der Waals surface area contributed by atoms with Crippen LogP contribution in [0.25, 0.3) is 21.9 Å². The summed E-state index contributed by atoms with van der Waals surface area (Å²) in [4.78, 5) is 4.75. The summed E-state index contributed by atoms with van der Waals surface area (Å²) in [7, 11) is -2.45. The van der Waals surface area contributed by atoms with E-state index in [9.17, 15) is 8.60 Å². The Bertz CT molecular complexity index is 1240. The van der Waals surface area contributed by atoms with Crippen molar-refractivity contribution in [3.63, 3.8) is 0 Å². The molecule has 5 nitrogen and oxygen atoms in total. The van der Waals surface area contributed by atoms with Crippen LogP contribution in [-0.2, 0) is 9.73 Å². The third-order valence-electron chi connectivity index (χ3n) is 4.57. The summed E-state index contributed by atoms with van der Waals surface area (Å²) in [6.45, 7) is 9.70. The molecule has 1 heterocycles. The lowest BCUT2D eigenvalue weighted by molar-refractivity contribution is 0.628. The van der Waals surface area contributed by atoms with Gasteiger partial charge in [-0.2, -0.15) is 4.36 Å². The van der Waals surface area contributed by atoms with Crippen molar-refractivity contribution >= 4 is 37.7 Å². The van der Waals surface area contributed by atoms with Crippen molar-refractivity contribution in [1.82, 2.24) is 4.98 Å². The van der Waals surface area contributed by atoms with E-state index in [2.05, 4.69) is 4.36 Å². The average Bonchev–Trinajstić information content (AvgIpc) is 2.68. The minimum absolute atomic E-state index is 0. The zero-order valence-electron chi connectivity index (χ0n) is 19.2. The maximum atomic E-state index is 13.5. The molecule has 3 rings (SSSR count). The molecule has 0 aliphatic rings. The molecule has 0 aliphatic heterocycles. The van der Waals surface area contributed by atoms with Gasteiger partial charge in [0.1, 0.15) is 5.82 Å². The highest BCUT2D eigenvalue weighted by atomic mass is 32.2. The minimum Gasteiger partial charge on any atom is -0.398 e. The fourth-order valence-corrected chi connectivity index (χ4v) is 3.87. The average molecular weight is 445 g/mol. The van der Waals surface area contributed by atoms with Crippen LogP contribution in [0.5, 0.6) is 0 Å². The number of fused-ring (bicyclic) bond motifs is 1. The quantitative estimate of drug-likeness (QED) is 0.344.